The van der Waals surface area contributed by atoms with Gasteiger partial charge in [-0.2, -0.15) is 5.10 Å². The van der Waals surface area contributed by atoms with E-state index in [9.17, 15) is 0 Å². The molecule has 0 radical (unpaired) electrons. The van der Waals surface area contributed by atoms with Gasteiger partial charge >= 0.3 is 0 Å². The van der Waals surface area contributed by atoms with Crippen LogP contribution >= 0.6 is 0 Å². The topological polar surface area (TPSA) is 72.7 Å². The number of aryl methyl sites for hydroxylation is 1. The minimum Gasteiger partial charge on any atom is -0.494 e. The third-order valence-electron chi connectivity index (χ3n) is 5.49. The largest absolute Gasteiger partial charge is 0.494 e. The van der Waals surface area contributed by atoms with Crippen LogP contribution in [0.4, 0.5) is 0 Å². The number of nitrogens with one attached hydrogen (secondary N) is 2. The third kappa shape index (κ3) is 5.50. The highest BCUT2D eigenvalue weighted by Crippen LogP contribution is 2.35. The van der Waals surface area contributed by atoms with E-state index in [1.54, 1.807) is 6.20 Å². The lowest BCUT2D eigenvalue weighted by Gasteiger charge is -2.38. The first-order valence-corrected chi connectivity index (χ1v) is 10.5. The second-order valence-corrected chi connectivity index (χ2v) is 7.34. The lowest BCUT2D eigenvalue weighted by Crippen LogP contribution is -2.48. The summed E-state index contributed by atoms with van der Waals surface area (Å²) in [5.41, 5.74) is 2.42. The highest BCUT2D eigenvalue weighted by molar-refractivity contribution is 5.79. The summed E-state index contributed by atoms with van der Waals surface area (Å²) in [5.74, 6) is 1.74. The van der Waals surface area contributed by atoms with Crippen molar-refractivity contribution >= 4 is 5.96 Å². The second-order valence-electron chi connectivity index (χ2n) is 7.34. The fourth-order valence-corrected chi connectivity index (χ4v) is 3.71. The summed E-state index contributed by atoms with van der Waals surface area (Å²) in [6.45, 7) is 8.53. The van der Waals surface area contributed by atoms with E-state index in [-0.39, 0.29) is 5.41 Å². The molecule has 29 heavy (non-hydrogen) atoms. The van der Waals surface area contributed by atoms with Crippen LogP contribution in [-0.2, 0) is 23.7 Å². The zero-order valence-electron chi connectivity index (χ0n) is 17.8. The Hall–Kier alpha value is -2.54. The van der Waals surface area contributed by atoms with Gasteiger partial charge in [0.2, 0.25) is 0 Å². The summed E-state index contributed by atoms with van der Waals surface area (Å²) in [4.78, 5) is 4.75. The van der Waals surface area contributed by atoms with Crippen molar-refractivity contribution < 1.29 is 9.47 Å². The predicted octanol–water partition coefficient (Wildman–Crippen LogP) is 2.62. The molecule has 0 atom stereocenters. The van der Waals surface area contributed by atoms with Gasteiger partial charge in [0, 0.05) is 45.0 Å². The standard InChI is InChI=1S/C22H33N5O2/c1-4-23-21(24-16-19-10-13-26-27(19)3)25-17-22(11-14-28-15-12-22)18-6-8-20(9-7-18)29-5-2/h6-10,13H,4-5,11-12,14-17H2,1-3H3,(H2,23,24,25). The maximum Gasteiger partial charge on any atom is 0.191 e. The molecule has 7 heteroatoms. The molecule has 2 aromatic rings. The maximum atomic E-state index is 5.66. The van der Waals surface area contributed by atoms with Crippen LogP contribution in [-0.4, -0.2) is 48.7 Å². The van der Waals surface area contributed by atoms with Crippen LogP contribution in [0.3, 0.4) is 0 Å². The molecule has 0 spiro atoms. The van der Waals surface area contributed by atoms with Crippen LogP contribution in [0.15, 0.2) is 41.5 Å². The van der Waals surface area contributed by atoms with Crippen molar-refractivity contribution in [2.24, 2.45) is 12.0 Å². The molecule has 1 saturated heterocycles. The molecule has 0 aliphatic carbocycles. The minimum atomic E-state index is 0.0196. The average molecular weight is 400 g/mol. The van der Waals surface area contributed by atoms with Gasteiger partial charge < -0.3 is 20.1 Å². The van der Waals surface area contributed by atoms with Crippen LogP contribution in [0.1, 0.15) is 37.9 Å². The van der Waals surface area contributed by atoms with Gasteiger partial charge in [0.25, 0.3) is 0 Å². The third-order valence-corrected chi connectivity index (χ3v) is 5.49. The van der Waals surface area contributed by atoms with E-state index in [1.807, 2.05) is 24.7 Å². The number of aliphatic imine (C=N–C) groups is 1. The molecule has 1 aromatic carbocycles. The van der Waals surface area contributed by atoms with Crippen molar-refractivity contribution in [3.63, 3.8) is 0 Å². The fraction of sp³-hybridized carbons (Fsp3) is 0.545. The first-order valence-electron chi connectivity index (χ1n) is 10.5. The molecule has 7 nitrogen and oxygen atoms in total. The Kier molecular flexibility index (Phi) is 7.52. The summed E-state index contributed by atoms with van der Waals surface area (Å²) in [5, 5.41) is 11.1. The summed E-state index contributed by atoms with van der Waals surface area (Å²) >= 11 is 0. The quantitative estimate of drug-likeness (QED) is 0.527. The molecule has 1 aliphatic rings. The molecule has 0 amide bonds. The summed E-state index contributed by atoms with van der Waals surface area (Å²) < 4.78 is 13.1. The van der Waals surface area contributed by atoms with Gasteiger partial charge in [-0.1, -0.05) is 12.1 Å². The molecule has 1 aliphatic heterocycles. The zero-order valence-corrected chi connectivity index (χ0v) is 17.8. The van der Waals surface area contributed by atoms with Crippen molar-refractivity contribution in [3.05, 3.63) is 47.8 Å². The van der Waals surface area contributed by atoms with E-state index < -0.39 is 0 Å². The van der Waals surface area contributed by atoms with Crippen molar-refractivity contribution in [2.45, 2.75) is 38.6 Å². The van der Waals surface area contributed by atoms with E-state index in [1.165, 1.54) is 5.56 Å². The van der Waals surface area contributed by atoms with E-state index in [0.717, 1.165) is 56.5 Å². The molecular weight excluding hydrogens is 366 g/mol. The Balaban J connectivity index is 1.73. The van der Waals surface area contributed by atoms with Gasteiger partial charge in [0.15, 0.2) is 5.96 Å². The van der Waals surface area contributed by atoms with Crippen molar-refractivity contribution in [3.8, 4) is 5.75 Å². The average Bonchev–Trinajstić information content (AvgIpc) is 3.16. The highest BCUT2D eigenvalue weighted by atomic mass is 16.5. The summed E-state index contributed by atoms with van der Waals surface area (Å²) in [7, 11) is 1.94. The molecule has 2 heterocycles. The molecule has 1 fully saturated rings. The number of rotatable bonds is 8. The van der Waals surface area contributed by atoms with Gasteiger partial charge in [-0.25, -0.2) is 4.99 Å². The molecular formula is C22H33N5O2. The SMILES string of the molecule is CCNC(=NCc1ccnn1C)NCC1(c2ccc(OCC)cc2)CCOCC1. The van der Waals surface area contributed by atoms with Gasteiger partial charge in [0.1, 0.15) is 5.75 Å². The first kappa shape index (κ1) is 21.2. The highest BCUT2D eigenvalue weighted by Gasteiger charge is 2.34. The second kappa shape index (κ2) is 10.3. The van der Waals surface area contributed by atoms with Gasteiger partial charge in [-0.05, 0) is 50.5 Å². The van der Waals surface area contributed by atoms with E-state index in [2.05, 4.69) is 46.9 Å². The lowest BCUT2D eigenvalue weighted by atomic mass is 9.74. The van der Waals surface area contributed by atoms with Crippen LogP contribution in [0, 0.1) is 0 Å². The van der Waals surface area contributed by atoms with Gasteiger partial charge in [-0.3, -0.25) is 4.68 Å². The zero-order chi connectivity index (χ0) is 20.5. The van der Waals surface area contributed by atoms with E-state index in [4.69, 9.17) is 14.5 Å². The minimum absolute atomic E-state index is 0.0196. The Labute approximate surface area is 173 Å². The van der Waals surface area contributed by atoms with Gasteiger partial charge in [-0.15, -0.1) is 0 Å². The Morgan fingerprint density at radius 1 is 1.17 bits per heavy atom. The fourth-order valence-electron chi connectivity index (χ4n) is 3.71. The van der Waals surface area contributed by atoms with Crippen LogP contribution < -0.4 is 15.4 Å². The Morgan fingerprint density at radius 3 is 2.55 bits per heavy atom. The van der Waals surface area contributed by atoms with E-state index in [0.29, 0.717) is 13.2 Å². The Morgan fingerprint density at radius 2 is 1.93 bits per heavy atom. The number of ether oxygens (including phenoxy) is 2. The normalized spacial score (nSPS) is 16.4. The molecule has 2 N–H and O–H groups in total. The smallest absolute Gasteiger partial charge is 0.191 e. The van der Waals surface area contributed by atoms with Crippen molar-refractivity contribution in [2.75, 3.05) is 32.9 Å². The number of hydrogen-bond acceptors (Lipinski definition) is 4. The first-order chi connectivity index (χ1) is 14.2. The molecule has 3 rings (SSSR count). The summed E-state index contributed by atoms with van der Waals surface area (Å²) in [6.07, 6.45) is 3.76. The molecule has 0 unspecified atom stereocenters. The van der Waals surface area contributed by atoms with Crippen LogP contribution in [0.2, 0.25) is 0 Å². The summed E-state index contributed by atoms with van der Waals surface area (Å²) in [6, 6.07) is 10.5. The molecule has 0 saturated carbocycles. The van der Waals surface area contributed by atoms with E-state index >= 15 is 0 Å². The lowest BCUT2D eigenvalue weighted by molar-refractivity contribution is 0.0513. The van der Waals surface area contributed by atoms with Crippen LogP contribution in [0.5, 0.6) is 5.75 Å². The van der Waals surface area contributed by atoms with Gasteiger partial charge in [0.05, 0.1) is 18.8 Å². The monoisotopic (exact) mass is 399 g/mol. The molecule has 158 valence electrons. The number of benzene rings is 1. The molecule has 0 bridgehead atoms. The predicted molar refractivity (Wildman–Crippen MR) is 115 cm³/mol. The molecule has 1 aromatic heterocycles. The maximum absolute atomic E-state index is 5.66. The Bertz CT molecular complexity index is 779. The number of nitrogens with zero attached hydrogens (tertiary/aromatic N) is 3. The van der Waals surface area contributed by atoms with Crippen LogP contribution in [0.25, 0.3) is 0 Å². The number of hydrogen-bond donors (Lipinski definition) is 2. The van der Waals surface area contributed by atoms with Crippen molar-refractivity contribution in [1.82, 2.24) is 20.4 Å². The number of guanidine groups is 1. The van der Waals surface area contributed by atoms with Crippen molar-refractivity contribution in [1.29, 1.82) is 0 Å². The number of aromatic nitrogens is 2.